The van der Waals surface area contributed by atoms with E-state index in [1.807, 2.05) is 43.3 Å². The zero-order valence-corrected chi connectivity index (χ0v) is 10.6. The second-order valence-corrected chi connectivity index (χ2v) is 4.35. The molecule has 18 heavy (non-hydrogen) atoms. The van der Waals surface area contributed by atoms with Crippen molar-refractivity contribution in [2.45, 2.75) is 19.5 Å². The topological polar surface area (TPSA) is 69.6 Å². The van der Waals surface area contributed by atoms with E-state index in [1.54, 1.807) is 0 Å². The SMILES string of the molecule is CN(C)Cc1ccccc1CNC(=O)CC(=O)O. The average molecular weight is 250 g/mol. The van der Waals surface area contributed by atoms with Gasteiger partial charge in [0.2, 0.25) is 5.91 Å². The Morgan fingerprint density at radius 2 is 1.83 bits per heavy atom. The summed E-state index contributed by atoms with van der Waals surface area (Å²) in [7, 11) is 3.94. The Balaban J connectivity index is 2.61. The zero-order valence-electron chi connectivity index (χ0n) is 10.6. The zero-order chi connectivity index (χ0) is 13.5. The first-order chi connectivity index (χ1) is 8.49. The van der Waals surface area contributed by atoms with Crippen LogP contribution in [0.1, 0.15) is 17.5 Å². The summed E-state index contributed by atoms with van der Waals surface area (Å²) in [5.41, 5.74) is 2.13. The number of hydrogen-bond acceptors (Lipinski definition) is 3. The van der Waals surface area contributed by atoms with Gasteiger partial charge in [-0.3, -0.25) is 9.59 Å². The highest BCUT2D eigenvalue weighted by molar-refractivity contribution is 5.93. The number of nitrogens with one attached hydrogen (secondary N) is 1. The molecule has 5 heteroatoms. The molecule has 0 saturated carbocycles. The Morgan fingerprint density at radius 3 is 2.39 bits per heavy atom. The summed E-state index contributed by atoms with van der Waals surface area (Å²) in [6.45, 7) is 1.14. The molecule has 5 nitrogen and oxygen atoms in total. The molecule has 1 rings (SSSR count). The summed E-state index contributed by atoms with van der Waals surface area (Å²) >= 11 is 0. The van der Waals surface area contributed by atoms with E-state index in [9.17, 15) is 9.59 Å². The first-order valence-corrected chi connectivity index (χ1v) is 5.69. The van der Waals surface area contributed by atoms with Gasteiger partial charge in [-0.25, -0.2) is 0 Å². The molecule has 0 bridgehead atoms. The third-order valence-corrected chi connectivity index (χ3v) is 2.39. The van der Waals surface area contributed by atoms with Gasteiger partial charge in [-0.2, -0.15) is 0 Å². The Morgan fingerprint density at radius 1 is 1.22 bits per heavy atom. The molecule has 0 aliphatic rings. The van der Waals surface area contributed by atoms with Crippen LogP contribution in [0.15, 0.2) is 24.3 Å². The minimum absolute atomic E-state index is 0.357. The van der Waals surface area contributed by atoms with E-state index in [2.05, 4.69) is 5.32 Å². The van der Waals surface area contributed by atoms with Gasteiger partial charge < -0.3 is 15.3 Å². The highest BCUT2D eigenvalue weighted by atomic mass is 16.4. The Bertz CT molecular complexity index is 430. The Hall–Kier alpha value is -1.88. The minimum atomic E-state index is -1.12. The van der Waals surface area contributed by atoms with Crippen molar-refractivity contribution in [2.75, 3.05) is 14.1 Å². The van der Waals surface area contributed by atoms with Crippen LogP contribution in [0.2, 0.25) is 0 Å². The summed E-state index contributed by atoms with van der Waals surface area (Å²) < 4.78 is 0. The van der Waals surface area contributed by atoms with E-state index in [1.165, 1.54) is 0 Å². The maximum Gasteiger partial charge on any atom is 0.312 e. The van der Waals surface area contributed by atoms with Gasteiger partial charge in [-0.05, 0) is 25.2 Å². The van der Waals surface area contributed by atoms with Gasteiger partial charge in [0, 0.05) is 13.1 Å². The van der Waals surface area contributed by atoms with E-state index >= 15 is 0 Å². The molecule has 2 N–H and O–H groups in total. The molecule has 0 spiro atoms. The molecule has 98 valence electrons. The number of aliphatic carboxylic acids is 1. The van der Waals surface area contributed by atoms with Crippen LogP contribution in [-0.4, -0.2) is 36.0 Å². The minimum Gasteiger partial charge on any atom is -0.481 e. The lowest BCUT2D eigenvalue weighted by Gasteiger charge is -2.14. The van der Waals surface area contributed by atoms with Gasteiger partial charge in [0.05, 0.1) is 0 Å². The molecular formula is C13H18N2O3. The van der Waals surface area contributed by atoms with E-state index in [4.69, 9.17) is 5.11 Å². The number of benzene rings is 1. The van der Waals surface area contributed by atoms with Crippen LogP contribution in [0.25, 0.3) is 0 Å². The molecule has 0 aliphatic carbocycles. The van der Waals surface area contributed by atoms with E-state index in [-0.39, 0.29) is 0 Å². The van der Waals surface area contributed by atoms with Crippen LogP contribution in [0.4, 0.5) is 0 Å². The third kappa shape index (κ3) is 4.97. The molecule has 0 fully saturated rings. The maximum absolute atomic E-state index is 11.3. The van der Waals surface area contributed by atoms with Crippen LogP contribution in [0.3, 0.4) is 0 Å². The fourth-order valence-electron chi connectivity index (χ4n) is 1.62. The van der Waals surface area contributed by atoms with Gasteiger partial charge in [0.25, 0.3) is 0 Å². The maximum atomic E-state index is 11.3. The number of hydrogen-bond donors (Lipinski definition) is 2. The molecule has 1 aromatic rings. The lowest BCUT2D eigenvalue weighted by molar-refractivity contribution is -0.140. The van der Waals surface area contributed by atoms with Crippen LogP contribution in [0, 0.1) is 0 Å². The third-order valence-electron chi connectivity index (χ3n) is 2.39. The molecular weight excluding hydrogens is 232 g/mol. The van der Waals surface area contributed by atoms with Crippen LogP contribution >= 0.6 is 0 Å². The summed E-state index contributed by atoms with van der Waals surface area (Å²) in [6, 6.07) is 7.78. The van der Waals surface area contributed by atoms with E-state index < -0.39 is 18.3 Å². The number of carboxylic acid groups (broad SMARTS) is 1. The highest BCUT2D eigenvalue weighted by Gasteiger charge is 2.08. The van der Waals surface area contributed by atoms with Gasteiger partial charge >= 0.3 is 5.97 Å². The molecule has 0 atom stereocenters. The molecule has 0 aromatic heterocycles. The molecule has 1 amide bonds. The molecule has 0 heterocycles. The number of rotatable bonds is 6. The number of carboxylic acids is 1. The van der Waals surface area contributed by atoms with Crippen LogP contribution < -0.4 is 5.32 Å². The smallest absolute Gasteiger partial charge is 0.312 e. The lowest BCUT2D eigenvalue weighted by Crippen LogP contribution is -2.26. The predicted molar refractivity (Wildman–Crippen MR) is 67.9 cm³/mol. The molecule has 1 aromatic carbocycles. The van der Waals surface area contributed by atoms with Gasteiger partial charge in [0.15, 0.2) is 0 Å². The number of amides is 1. The first kappa shape index (κ1) is 14.2. The monoisotopic (exact) mass is 250 g/mol. The van der Waals surface area contributed by atoms with Crippen molar-refractivity contribution in [3.05, 3.63) is 35.4 Å². The molecule has 0 aliphatic heterocycles. The molecule has 0 unspecified atom stereocenters. The summed E-state index contributed by atoms with van der Waals surface area (Å²) in [6.07, 6.45) is -0.490. The molecule has 0 saturated heterocycles. The average Bonchev–Trinajstić information content (AvgIpc) is 2.26. The second kappa shape index (κ2) is 6.76. The molecule has 0 radical (unpaired) electrons. The van der Waals surface area contributed by atoms with Crippen LogP contribution in [0.5, 0.6) is 0 Å². The normalized spacial score (nSPS) is 10.4. The number of nitrogens with zero attached hydrogens (tertiary/aromatic N) is 1. The van der Waals surface area contributed by atoms with Crippen molar-refractivity contribution in [3.63, 3.8) is 0 Å². The van der Waals surface area contributed by atoms with Crippen LogP contribution in [-0.2, 0) is 22.7 Å². The fourth-order valence-corrected chi connectivity index (χ4v) is 1.62. The number of carbonyl (C=O) groups is 2. The van der Waals surface area contributed by atoms with E-state index in [0.29, 0.717) is 6.54 Å². The number of carbonyl (C=O) groups excluding carboxylic acids is 1. The van der Waals surface area contributed by atoms with Crippen molar-refractivity contribution < 1.29 is 14.7 Å². The summed E-state index contributed by atoms with van der Waals surface area (Å²) in [5.74, 6) is -1.59. The van der Waals surface area contributed by atoms with Gasteiger partial charge in [0.1, 0.15) is 6.42 Å². The standard InChI is InChI=1S/C13H18N2O3/c1-15(2)9-11-6-4-3-5-10(11)8-14-12(16)7-13(17)18/h3-6H,7-9H2,1-2H3,(H,14,16)(H,17,18). The van der Waals surface area contributed by atoms with Crippen molar-refractivity contribution in [1.82, 2.24) is 10.2 Å². The largest absolute Gasteiger partial charge is 0.481 e. The predicted octanol–water partition coefficient (Wildman–Crippen LogP) is 0.839. The first-order valence-electron chi connectivity index (χ1n) is 5.69. The van der Waals surface area contributed by atoms with Crippen molar-refractivity contribution in [2.24, 2.45) is 0 Å². The second-order valence-electron chi connectivity index (χ2n) is 4.35. The lowest BCUT2D eigenvalue weighted by atomic mass is 10.1. The van der Waals surface area contributed by atoms with E-state index in [0.717, 1.165) is 17.7 Å². The summed E-state index contributed by atoms with van der Waals surface area (Å²) in [4.78, 5) is 23.7. The summed E-state index contributed by atoms with van der Waals surface area (Å²) in [5, 5.41) is 11.1. The Labute approximate surface area is 106 Å². The van der Waals surface area contributed by atoms with Crippen molar-refractivity contribution in [3.8, 4) is 0 Å². The van der Waals surface area contributed by atoms with Gasteiger partial charge in [-0.1, -0.05) is 24.3 Å². The van der Waals surface area contributed by atoms with Crippen molar-refractivity contribution >= 4 is 11.9 Å². The quantitative estimate of drug-likeness (QED) is 0.734. The Kier molecular flexibility index (Phi) is 5.32. The van der Waals surface area contributed by atoms with Crippen molar-refractivity contribution in [1.29, 1.82) is 0 Å². The fraction of sp³-hybridized carbons (Fsp3) is 0.385. The highest BCUT2D eigenvalue weighted by Crippen LogP contribution is 2.10. The van der Waals surface area contributed by atoms with Gasteiger partial charge in [-0.15, -0.1) is 0 Å².